The van der Waals surface area contributed by atoms with Crippen molar-refractivity contribution in [3.8, 4) is 0 Å². The average Bonchev–Trinajstić information content (AvgIpc) is 2.19. The molecule has 0 aromatic carbocycles. The largest absolute Gasteiger partial charge is 0.381 e. The van der Waals surface area contributed by atoms with Crippen molar-refractivity contribution in [1.82, 2.24) is 5.32 Å². The highest BCUT2D eigenvalue weighted by atomic mass is 79.9. The van der Waals surface area contributed by atoms with Gasteiger partial charge in [-0.15, -0.1) is 0 Å². The van der Waals surface area contributed by atoms with E-state index >= 15 is 0 Å². The van der Waals surface area contributed by atoms with Gasteiger partial charge in [-0.1, -0.05) is 15.9 Å². The van der Waals surface area contributed by atoms with Crippen molar-refractivity contribution in [3.63, 3.8) is 0 Å². The van der Waals surface area contributed by atoms with Crippen molar-refractivity contribution in [2.45, 2.75) is 25.8 Å². The molecule has 1 fully saturated rings. The summed E-state index contributed by atoms with van der Waals surface area (Å²) < 4.78 is 5.19. The first-order valence-electron chi connectivity index (χ1n) is 4.68. The Bertz CT molecular complexity index is 169. The number of halogens is 1. The Hall–Kier alpha value is -0.0900. The van der Waals surface area contributed by atoms with Gasteiger partial charge in [0.15, 0.2) is 0 Å². The van der Waals surface area contributed by atoms with E-state index in [0.29, 0.717) is 0 Å². The Morgan fingerprint density at radius 2 is 2.23 bits per heavy atom. The van der Waals surface area contributed by atoms with Gasteiger partial charge in [0.2, 0.25) is 5.91 Å². The first-order chi connectivity index (χ1) is 6.24. The van der Waals surface area contributed by atoms with Gasteiger partial charge in [0, 0.05) is 30.5 Å². The molecular weight excluding hydrogens is 234 g/mol. The van der Waals surface area contributed by atoms with E-state index in [1.54, 1.807) is 0 Å². The van der Waals surface area contributed by atoms with Crippen molar-refractivity contribution < 1.29 is 9.53 Å². The molecule has 0 bridgehead atoms. The average molecular weight is 250 g/mol. The van der Waals surface area contributed by atoms with Crippen molar-refractivity contribution in [2.75, 3.05) is 18.5 Å². The Labute approximate surface area is 87.3 Å². The lowest BCUT2D eigenvalue weighted by Crippen LogP contribution is -2.40. The van der Waals surface area contributed by atoms with Crippen LogP contribution < -0.4 is 5.32 Å². The minimum atomic E-state index is 0.162. The predicted octanol–water partition coefficient (Wildman–Crippen LogP) is 1.31. The van der Waals surface area contributed by atoms with Crippen LogP contribution in [0.3, 0.4) is 0 Å². The van der Waals surface area contributed by atoms with Gasteiger partial charge in [0.05, 0.1) is 0 Å². The van der Waals surface area contributed by atoms with Crippen LogP contribution in [0.15, 0.2) is 0 Å². The van der Waals surface area contributed by atoms with Gasteiger partial charge in [-0.05, 0) is 19.8 Å². The molecule has 0 aliphatic carbocycles. The Morgan fingerprint density at radius 3 is 2.77 bits per heavy atom. The summed E-state index contributed by atoms with van der Waals surface area (Å²) in [7, 11) is 0. The molecule has 13 heavy (non-hydrogen) atoms. The molecular formula is C9H16BrNO2. The van der Waals surface area contributed by atoms with Crippen LogP contribution in [-0.4, -0.2) is 30.5 Å². The van der Waals surface area contributed by atoms with Gasteiger partial charge < -0.3 is 10.1 Å². The van der Waals surface area contributed by atoms with Crippen LogP contribution in [-0.2, 0) is 9.53 Å². The zero-order valence-corrected chi connectivity index (χ0v) is 9.47. The molecule has 1 unspecified atom stereocenters. The highest BCUT2D eigenvalue weighted by Gasteiger charge is 2.22. The van der Waals surface area contributed by atoms with Gasteiger partial charge in [0.25, 0.3) is 0 Å². The molecule has 1 rings (SSSR count). The number of hydrogen-bond acceptors (Lipinski definition) is 2. The number of rotatable bonds is 3. The number of carbonyl (C=O) groups excluding carboxylic acids is 1. The van der Waals surface area contributed by atoms with Crippen molar-refractivity contribution in [2.24, 2.45) is 5.92 Å². The molecule has 1 aliphatic heterocycles. The molecule has 1 amide bonds. The van der Waals surface area contributed by atoms with Crippen LogP contribution in [0.5, 0.6) is 0 Å². The van der Waals surface area contributed by atoms with Gasteiger partial charge in [-0.2, -0.15) is 0 Å². The van der Waals surface area contributed by atoms with Crippen LogP contribution in [0.2, 0.25) is 0 Å². The number of amides is 1. The zero-order valence-electron chi connectivity index (χ0n) is 7.88. The fourth-order valence-corrected chi connectivity index (χ4v) is 1.52. The molecule has 4 heteroatoms. The Morgan fingerprint density at radius 1 is 1.62 bits per heavy atom. The van der Waals surface area contributed by atoms with E-state index in [9.17, 15) is 4.79 Å². The summed E-state index contributed by atoms with van der Waals surface area (Å²) in [6.07, 6.45) is 1.72. The number of carbonyl (C=O) groups is 1. The molecule has 1 N–H and O–H groups in total. The summed E-state index contributed by atoms with van der Waals surface area (Å²) in [4.78, 5) is 11.6. The first kappa shape index (κ1) is 11.0. The number of nitrogens with one attached hydrogen (secondary N) is 1. The van der Waals surface area contributed by atoms with Crippen LogP contribution in [0.4, 0.5) is 0 Å². The maximum absolute atomic E-state index is 11.6. The molecule has 1 atom stereocenters. The molecule has 0 radical (unpaired) electrons. The molecule has 1 heterocycles. The fourth-order valence-electron chi connectivity index (χ4n) is 1.36. The molecule has 3 nitrogen and oxygen atoms in total. The summed E-state index contributed by atoms with van der Waals surface area (Å²) in [5.41, 5.74) is 0. The monoisotopic (exact) mass is 249 g/mol. The van der Waals surface area contributed by atoms with Crippen molar-refractivity contribution in [3.05, 3.63) is 0 Å². The third kappa shape index (κ3) is 3.65. The molecule has 0 spiro atoms. The maximum atomic E-state index is 11.6. The first-order valence-corrected chi connectivity index (χ1v) is 5.80. The molecule has 1 saturated heterocycles. The van der Waals surface area contributed by atoms with E-state index in [4.69, 9.17) is 4.74 Å². The van der Waals surface area contributed by atoms with Gasteiger partial charge in [0.1, 0.15) is 0 Å². The summed E-state index contributed by atoms with van der Waals surface area (Å²) in [6, 6.07) is 0.218. The van der Waals surface area contributed by atoms with Crippen LogP contribution in [0.25, 0.3) is 0 Å². The lowest BCUT2D eigenvalue weighted by atomic mass is 9.99. The van der Waals surface area contributed by atoms with E-state index in [-0.39, 0.29) is 17.9 Å². The second-order valence-electron chi connectivity index (χ2n) is 3.45. The Kier molecular flexibility index (Phi) is 4.73. The van der Waals surface area contributed by atoms with Crippen molar-refractivity contribution in [1.29, 1.82) is 0 Å². The van der Waals surface area contributed by atoms with E-state index < -0.39 is 0 Å². The second-order valence-corrected chi connectivity index (χ2v) is 4.10. The summed E-state index contributed by atoms with van der Waals surface area (Å²) in [5, 5.41) is 3.77. The minimum Gasteiger partial charge on any atom is -0.381 e. The quantitative estimate of drug-likeness (QED) is 0.767. The minimum absolute atomic E-state index is 0.162. The molecule has 0 aromatic rings. The van der Waals surface area contributed by atoms with Crippen molar-refractivity contribution >= 4 is 21.8 Å². The topological polar surface area (TPSA) is 38.3 Å². The normalized spacial score (nSPS) is 21.1. The highest BCUT2D eigenvalue weighted by molar-refractivity contribution is 9.09. The second kappa shape index (κ2) is 5.60. The number of hydrogen-bond donors (Lipinski definition) is 1. The number of ether oxygens (including phenoxy) is 1. The molecule has 1 aliphatic rings. The lowest BCUT2D eigenvalue weighted by molar-refractivity contribution is -0.128. The van der Waals surface area contributed by atoms with Crippen LogP contribution in [0, 0.1) is 5.92 Å². The van der Waals surface area contributed by atoms with Gasteiger partial charge in [-0.3, -0.25) is 4.79 Å². The van der Waals surface area contributed by atoms with Gasteiger partial charge >= 0.3 is 0 Å². The predicted molar refractivity (Wildman–Crippen MR) is 54.9 cm³/mol. The van der Waals surface area contributed by atoms with Crippen LogP contribution in [0.1, 0.15) is 19.8 Å². The fraction of sp³-hybridized carbons (Fsp3) is 0.889. The third-order valence-corrected chi connectivity index (χ3v) is 3.18. The Balaban J connectivity index is 2.29. The van der Waals surface area contributed by atoms with Crippen LogP contribution >= 0.6 is 15.9 Å². The van der Waals surface area contributed by atoms with E-state index in [2.05, 4.69) is 21.2 Å². The standard InChI is InChI=1S/C9H16BrNO2/c1-7(6-10)11-9(12)8-2-4-13-5-3-8/h7-8H,2-6H2,1H3,(H,11,12). The zero-order chi connectivity index (χ0) is 9.68. The lowest BCUT2D eigenvalue weighted by Gasteiger charge is -2.22. The highest BCUT2D eigenvalue weighted by Crippen LogP contribution is 2.14. The summed E-state index contributed by atoms with van der Waals surface area (Å²) in [5.74, 6) is 0.338. The SMILES string of the molecule is CC(CBr)NC(=O)C1CCOCC1. The smallest absolute Gasteiger partial charge is 0.223 e. The van der Waals surface area contributed by atoms with Gasteiger partial charge in [-0.25, -0.2) is 0 Å². The third-order valence-electron chi connectivity index (χ3n) is 2.21. The molecule has 0 saturated carbocycles. The van der Waals surface area contributed by atoms with E-state index in [1.165, 1.54) is 0 Å². The number of alkyl halides is 1. The maximum Gasteiger partial charge on any atom is 0.223 e. The molecule has 76 valence electrons. The molecule has 0 aromatic heterocycles. The van der Waals surface area contributed by atoms with E-state index in [0.717, 1.165) is 31.4 Å². The summed E-state index contributed by atoms with van der Waals surface area (Å²) in [6.45, 7) is 3.44. The van der Waals surface area contributed by atoms with E-state index in [1.807, 2.05) is 6.92 Å². The summed E-state index contributed by atoms with van der Waals surface area (Å²) >= 11 is 3.33.